The normalized spacial score (nSPS) is 11.4. The molecule has 0 aliphatic carbocycles. The summed E-state index contributed by atoms with van der Waals surface area (Å²) in [6, 6.07) is 1.88. The Labute approximate surface area is 94.9 Å². The average molecular weight is 242 g/mol. The number of anilines is 1. The summed E-state index contributed by atoms with van der Waals surface area (Å²) in [5.41, 5.74) is 0.217. The predicted octanol–water partition coefficient (Wildman–Crippen LogP) is 0.689. The van der Waals surface area contributed by atoms with Gasteiger partial charge in [-0.05, 0) is 5.92 Å². The Morgan fingerprint density at radius 2 is 2.25 bits per heavy atom. The molecular weight excluding hydrogens is 228 g/mol. The van der Waals surface area contributed by atoms with Crippen LogP contribution in [-0.2, 0) is 17.1 Å². The number of nitrogens with zero attached hydrogens (tertiary/aromatic N) is 3. The second-order valence-corrected chi connectivity index (χ2v) is 5.72. The van der Waals surface area contributed by atoms with Crippen molar-refractivity contribution in [1.29, 1.82) is 5.26 Å². The quantitative estimate of drug-likeness (QED) is 0.841. The maximum Gasteiger partial charge on any atom is 0.234 e. The number of sulfonamides is 1. The smallest absolute Gasteiger partial charge is 0.234 e. The van der Waals surface area contributed by atoms with Gasteiger partial charge >= 0.3 is 0 Å². The van der Waals surface area contributed by atoms with E-state index in [0.717, 1.165) is 0 Å². The molecular formula is C9H14N4O2S. The van der Waals surface area contributed by atoms with Gasteiger partial charge in [-0.15, -0.1) is 0 Å². The molecule has 88 valence electrons. The second kappa shape index (κ2) is 4.53. The highest BCUT2D eigenvalue weighted by Gasteiger charge is 2.17. The molecule has 1 aromatic rings. The zero-order valence-corrected chi connectivity index (χ0v) is 10.2. The molecule has 6 nitrogen and oxygen atoms in total. The van der Waals surface area contributed by atoms with E-state index < -0.39 is 10.0 Å². The van der Waals surface area contributed by atoms with Gasteiger partial charge in [0, 0.05) is 13.2 Å². The molecule has 1 heterocycles. The van der Waals surface area contributed by atoms with Crippen LogP contribution in [0.25, 0.3) is 0 Å². The van der Waals surface area contributed by atoms with Gasteiger partial charge in [-0.3, -0.25) is 9.40 Å². The predicted molar refractivity (Wildman–Crippen MR) is 60.2 cm³/mol. The first-order valence-corrected chi connectivity index (χ1v) is 6.43. The molecule has 1 aromatic heterocycles. The number of nitriles is 1. The molecule has 16 heavy (non-hydrogen) atoms. The van der Waals surface area contributed by atoms with Gasteiger partial charge in [-0.2, -0.15) is 10.4 Å². The molecule has 0 atom stereocenters. The van der Waals surface area contributed by atoms with Crippen molar-refractivity contribution in [3.05, 3.63) is 11.8 Å². The van der Waals surface area contributed by atoms with Crippen LogP contribution in [-0.4, -0.2) is 24.0 Å². The number of aryl methyl sites for hydroxylation is 1. The third-order valence-corrected chi connectivity index (χ3v) is 3.36. The minimum absolute atomic E-state index is 0.00838. The molecule has 0 aromatic carbocycles. The SMILES string of the molecule is CC(C)CS(=O)(=O)Nc1nn(C)cc1C#N. The fourth-order valence-electron chi connectivity index (χ4n) is 1.27. The van der Waals surface area contributed by atoms with Crippen LogP contribution in [0.2, 0.25) is 0 Å². The first kappa shape index (κ1) is 12.5. The minimum atomic E-state index is -3.43. The highest BCUT2D eigenvalue weighted by atomic mass is 32.2. The molecule has 0 aliphatic rings. The van der Waals surface area contributed by atoms with E-state index in [1.807, 2.05) is 19.9 Å². The van der Waals surface area contributed by atoms with Crippen LogP contribution in [0.1, 0.15) is 19.4 Å². The van der Waals surface area contributed by atoms with Crippen LogP contribution in [0.15, 0.2) is 6.20 Å². The fraction of sp³-hybridized carbons (Fsp3) is 0.556. The lowest BCUT2D eigenvalue weighted by atomic mass is 10.3. The lowest BCUT2D eigenvalue weighted by Gasteiger charge is -2.07. The van der Waals surface area contributed by atoms with E-state index in [1.54, 1.807) is 7.05 Å². The molecule has 0 amide bonds. The van der Waals surface area contributed by atoms with Crippen molar-refractivity contribution in [2.24, 2.45) is 13.0 Å². The topological polar surface area (TPSA) is 87.8 Å². The van der Waals surface area contributed by atoms with Crippen molar-refractivity contribution >= 4 is 15.8 Å². The molecule has 1 rings (SSSR count). The largest absolute Gasteiger partial charge is 0.272 e. The lowest BCUT2D eigenvalue weighted by Crippen LogP contribution is -2.20. The van der Waals surface area contributed by atoms with Crippen LogP contribution in [0, 0.1) is 17.2 Å². The number of rotatable bonds is 4. The number of hydrogen-bond acceptors (Lipinski definition) is 4. The number of hydrogen-bond donors (Lipinski definition) is 1. The van der Waals surface area contributed by atoms with Gasteiger partial charge in [-0.25, -0.2) is 8.42 Å². The summed E-state index contributed by atoms with van der Waals surface area (Å²) in [6.07, 6.45) is 1.47. The molecule has 0 unspecified atom stereocenters. The van der Waals surface area contributed by atoms with E-state index in [2.05, 4.69) is 9.82 Å². The number of nitrogens with one attached hydrogen (secondary N) is 1. The van der Waals surface area contributed by atoms with Gasteiger partial charge in [0.05, 0.1) is 5.75 Å². The Morgan fingerprint density at radius 3 is 2.75 bits per heavy atom. The van der Waals surface area contributed by atoms with Crippen molar-refractivity contribution < 1.29 is 8.42 Å². The molecule has 0 bridgehead atoms. The van der Waals surface area contributed by atoms with Crippen molar-refractivity contribution in [3.63, 3.8) is 0 Å². The van der Waals surface area contributed by atoms with E-state index in [9.17, 15) is 8.42 Å². The monoisotopic (exact) mass is 242 g/mol. The molecule has 0 saturated carbocycles. The van der Waals surface area contributed by atoms with Crippen LogP contribution >= 0.6 is 0 Å². The Balaban J connectivity index is 2.93. The second-order valence-electron chi connectivity index (χ2n) is 3.95. The summed E-state index contributed by atoms with van der Waals surface area (Å²) in [5.74, 6) is 0.117. The molecule has 0 aliphatic heterocycles. The first-order chi connectivity index (χ1) is 7.34. The zero-order valence-electron chi connectivity index (χ0n) is 9.43. The van der Waals surface area contributed by atoms with Gasteiger partial charge in [0.2, 0.25) is 10.0 Å². The highest BCUT2D eigenvalue weighted by Crippen LogP contribution is 2.13. The molecule has 0 saturated heterocycles. The van der Waals surface area contributed by atoms with E-state index in [0.29, 0.717) is 0 Å². The maximum atomic E-state index is 11.6. The first-order valence-electron chi connectivity index (χ1n) is 4.78. The minimum Gasteiger partial charge on any atom is -0.272 e. The van der Waals surface area contributed by atoms with Gasteiger partial charge in [0.1, 0.15) is 11.6 Å². The Kier molecular flexibility index (Phi) is 3.55. The number of aromatic nitrogens is 2. The fourth-order valence-corrected chi connectivity index (χ4v) is 2.68. The molecule has 0 radical (unpaired) electrons. The average Bonchev–Trinajstić information content (AvgIpc) is 2.42. The molecule has 1 N–H and O–H groups in total. The maximum absolute atomic E-state index is 11.6. The van der Waals surface area contributed by atoms with Crippen LogP contribution < -0.4 is 4.72 Å². The van der Waals surface area contributed by atoms with E-state index >= 15 is 0 Å². The molecule has 0 fully saturated rings. The van der Waals surface area contributed by atoms with Crippen LogP contribution in [0.3, 0.4) is 0 Å². The van der Waals surface area contributed by atoms with Crippen molar-refractivity contribution in [3.8, 4) is 6.07 Å². The Hall–Kier alpha value is -1.55. The zero-order chi connectivity index (χ0) is 12.3. The van der Waals surface area contributed by atoms with E-state index in [-0.39, 0.29) is 23.1 Å². The Bertz CT molecular complexity index is 510. The van der Waals surface area contributed by atoms with Crippen molar-refractivity contribution in [1.82, 2.24) is 9.78 Å². The highest BCUT2D eigenvalue weighted by molar-refractivity contribution is 7.92. The van der Waals surface area contributed by atoms with Gasteiger partial charge < -0.3 is 0 Å². The summed E-state index contributed by atoms with van der Waals surface area (Å²) >= 11 is 0. The van der Waals surface area contributed by atoms with Crippen LogP contribution in [0.5, 0.6) is 0 Å². The lowest BCUT2D eigenvalue weighted by molar-refractivity contribution is 0.587. The van der Waals surface area contributed by atoms with Crippen molar-refractivity contribution in [2.75, 3.05) is 10.5 Å². The Morgan fingerprint density at radius 1 is 1.62 bits per heavy atom. The summed E-state index contributed by atoms with van der Waals surface area (Å²) in [7, 11) is -1.80. The third kappa shape index (κ3) is 3.24. The van der Waals surface area contributed by atoms with Crippen LogP contribution in [0.4, 0.5) is 5.82 Å². The van der Waals surface area contributed by atoms with E-state index in [1.165, 1.54) is 10.9 Å². The molecule has 7 heteroatoms. The summed E-state index contributed by atoms with van der Waals surface area (Å²) < 4.78 is 26.9. The standard InChI is InChI=1S/C9H14N4O2S/c1-7(2)6-16(14,15)12-9-8(4-10)5-13(3)11-9/h5,7H,6H2,1-3H3,(H,11,12). The van der Waals surface area contributed by atoms with E-state index in [4.69, 9.17) is 5.26 Å². The summed E-state index contributed by atoms with van der Waals surface area (Å²) in [6.45, 7) is 3.62. The third-order valence-electron chi connectivity index (χ3n) is 1.75. The summed E-state index contributed by atoms with van der Waals surface area (Å²) in [4.78, 5) is 0. The van der Waals surface area contributed by atoms with Gasteiger partial charge in [0.25, 0.3) is 0 Å². The van der Waals surface area contributed by atoms with Crippen molar-refractivity contribution in [2.45, 2.75) is 13.8 Å². The van der Waals surface area contributed by atoms with Gasteiger partial charge in [-0.1, -0.05) is 13.8 Å². The summed E-state index contributed by atoms with van der Waals surface area (Å²) in [5, 5.41) is 12.7. The molecule has 0 spiro atoms. The van der Waals surface area contributed by atoms with Gasteiger partial charge in [0.15, 0.2) is 5.82 Å².